The molecule has 1 aromatic rings. The molecule has 1 saturated carbocycles. The summed E-state index contributed by atoms with van der Waals surface area (Å²) in [6.07, 6.45) is 6.28. The molecule has 3 nitrogen and oxygen atoms in total. The first kappa shape index (κ1) is 15.0. The molecule has 0 amide bonds. The van der Waals surface area contributed by atoms with E-state index < -0.39 is 0 Å². The van der Waals surface area contributed by atoms with Crippen molar-refractivity contribution in [1.29, 1.82) is 0 Å². The molecule has 3 heteroatoms. The number of hydrogen-bond donors (Lipinski definition) is 0. The molecule has 0 aromatic heterocycles. The van der Waals surface area contributed by atoms with E-state index in [1.807, 2.05) is 13.0 Å². The van der Waals surface area contributed by atoms with Crippen molar-refractivity contribution in [2.75, 3.05) is 13.2 Å². The highest BCUT2D eigenvalue weighted by molar-refractivity contribution is 5.71. The highest BCUT2D eigenvalue weighted by atomic mass is 16.5. The Hall–Kier alpha value is -1.35. The summed E-state index contributed by atoms with van der Waals surface area (Å²) in [5.41, 5.74) is 1.27. The highest BCUT2D eigenvalue weighted by Gasteiger charge is 2.23. The summed E-state index contributed by atoms with van der Waals surface area (Å²) in [7, 11) is 0. The first-order valence-electron chi connectivity index (χ1n) is 7.73. The smallest absolute Gasteiger partial charge is 0.320 e. The summed E-state index contributed by atoms with van der Waals surface area (Å²) in [4.78, 5) is 14.1. The Morgan fingerprint density at radius 3 is 2.55 bits per heavy atom. The van der Waals surface area contributed by atoms with Crippen LogP contribution in [0.15, 0.2) is 30.3 Å². The Kier molecular flexibility index (Phi) is 6.06. The second-order valence-electron chi connectivity index (χ2n) is 5.49. The van der Waals surface area contributed by atoms with Crippen molar-refractivity contribution in [1.82, 2.24) is 4.90 Å². The van der Waals surface area contributed by atoms with Gasteiger partial charge >= 0.3 is 5.97 Å². The van der Waals surface area contributed by atoms with Gasteiger partial charge in [-0.15, -0.1) is 0 Å². The van der Waals surface area contributed by atoms with Gasteiger partial charge in [-0.25, -0.2) is 0 Å². The summed E-state index contributed by atoms with van der Waals surface area (Å²) in [6, 6.07) is 10.9. The molecule has 0 radical (unpaired) electrons. The third-order valence-corrected chi connectivity index (χ3v) is 3.96. The fourth-order valence-corrected chi connectivity index (χ4v) is 2.95. The number of carbonyl (C=O) groups excluding carboxylic acids is 1. The number of ether oxygens (including phenoxy) is 1. The van der Waals surface area contributed by atoms with Crippen LogP contribution in [0, 0.1) is 0 Å². The first-order valence-corrected chi connectivity index (χ1v) is 7.73. The average Bonchev–Trinajstić information content (AvgIpc) is 2.49. The van der Waals surface area contributed by atoms with Crippen LogP contribution in [0.3, 0.4) is 0 Å². The van der Waals surface area contributed by atoms with Crippen LogP contribution in [0.25, 0.3) is 0 Å². The molecule has 110 valence electrons. The first-order chi connectivity index (χ1) is 9.79. The molecule has 1 fully saturated rings. The molecule has 2 rings (SSSR count). The van der Waals surface area contributed by atoms with Gasteiger partial charge in [0.1, 0.15) is 0 Å². The third kappa shape index (κ3) is 4.64. The van der Waals surface area contributed by atoms with Gasteiger partial charge in [0, 0.05) is 12.6 Å². The fourth-order valence-electron chi connectivity index (χ4n) is 2.95. The van der Waals surface area contributed by atoms with E-state index in [1.54, 1.807) is 0 Å². The van der Waals surface area contributed by atoms with Crippen LogP contribution in [0.2, 0.25) is 0 Å². The Balaban J connectivity index is 2.00. The number of nitrogens with zero attached hydrogens (tertiary/aromatic N) is 1. The zero-order chi connectivity index (χ0) is 14.2. The van der Waals surface area contributed by atoms with Crippen molar-refractivity contribution >= 4 is 5.97 Å². The number of esters is 1. The maximum Gasteiger partial charge on any atom is 0.320 e. The molecule has 1 aliphatic carbocycles. The number of rotatable bonds is 6. The Labute approximate surface area is 121 Å². The van der Waals surface area contributed by atoms with Gasteiger partial charge in [-0.1, -0.05) is 49.6 Å². The zero-order valence-electron chi connectivity index (χ0n) is 12.4. The zero-order valence-corrected chi connectivity index (χ0v) is 12.4. The molecule has 0 saturated heterocycles. The van der Waals surface area contributed by atoms with Crippen LogP contribution in [0.4, 0.5) is 0 Å². The Morgan fingerprint density at radius 1 is 1.20 bits per heavy atom. The normalized spacial score (nSPS) is 16.3. The van der Waals surface area contributed by atoms with Gasteiger partial charge in [-0.3, -0.25) is 9.69 Å². The van der Waals surface area contributed by atoms with Crippen LogP contribution in [0.1, 0.15) is 44.6 Å². The molecule has 0 spiro atoms. The maximum absolute atomic E-state index is 11.8. The van der Waals surface area contributed by atoms with Crippen LogP contribution in [-0.2, 0) is 16.1 Å². The van der Waals surface area contributed by atoms with E-state index in [0.717, 1.165) is 6.54 Å². The number of hydrogen-bond acceptors (Lipinski definition) is 3. The van der Waals surface area contributed by atoms with Crippen molar-refractivity contribution in [2.24, 2.45) is 0 Å². The van der Waals surface area contributed by atoms with Crippen LogP contribution in [-0.4, -0.2) is 30.1 Å². The quantitative estimate of drug-likeness (QED) is 0.745. The Bertz CT molecular complexity index is 399. The van der Waals surface area contributed by atoms with Gasteiger partial charge < -0.3 is 4.74 Å². The number of benzene rings is 1. The van der Waals surface area contributed by atoms with E-state index >= 15 is 0 Å². The van der Waals surface area contributed by atoms with Crippen molar-refractivity contribution in [3.05, 3.63) is 35.9 Å². The molecule has 0 bridgehead atoms. The monoisotopic (exact) mass is 275 g/mol. The lowest BCUT2D eigenvalue weighted by Crippen LogP contribution is -2.40. The SMILES string of the molecule is CCOC(=O)CN(Cc1ccccc1)C1CCCCC1. The van der Waals surface area contributed by atoms with E-state index in [0.29, 0.717) is 19.2 Å². The molecule has 20 heavy (non-hydrogen) atoms. The molecular weight excluding hydrogens is 250 g/mol. The van der Waals surface area contributed by atoms with Gasteiger partial charge in [0.2, 0.25) is 0 Å². The van der Waals surface area contributed by atoms with Crippen LogP contribution < -0.4 is 0 Å². The second kappa shape index (κ2) is 8.05. The highest BCUT2D eigenvalue weighted by Crippen LogP contribution is 2.24. The topological polar surface area (TPSA) is 29.5 Å². The summed E-state index contributed by atoms with van der Waals surface area (Å²) in [5, 5.41) is 0. The van der Waals surface area contributed by atoms with Gasteiger partial charge in [-0.2, -0.15) is 0 Å². The minimum atomic E-state index is -0.103. The van der Waals surface area contributed by atoms with E-state index in [-0.39, 0.29) is 5.97 Å². The predicted octanol–water partition coefficient (Wildman–Crippen LogP) is 3.38. The van der Waals surface area contributed by atoms with Gasteiger partial charge in [0.15, 0.2) is 0 Å². The van der Waals surface area contributed by atoms with Crippen LogP contribution in [0.5, 0.6) is 0 Å². The van der Waals surface area contributed by atoms with Crippen molar-refractivity contribution < 1.29 is 9.53 Å². The van der Waals surface area contributed by atoms with E-state index in [2.05, 4.69) is 29.2 Å². The van der Waals surface area contributed by atoms with Crippen molar-refractivity contribution in [3.8, 4) is 0 Å². The van der Waals surface area contributed by atoms with E-state index in [1.165, 1.54) is 37.7 Å². The molecule has 0 atom stereocenters. The minimum absolute atomic E-state index is 0.103. The molecule has 0 unspecified atom stereocenters. The maximum atomic E-state index is 11.8. The molecule has 0 heterocycles. The summed E-state index contributed by atoms with van der Waals surface area (Å²) in [6.45, 7) is 3.57. The standard InChI is InChI=1S/C17H25NO2/c1-2-20-17(19)14-18(16-11-7-4-8-12-16)13-15-9-5-3-6-10-15/h3,5-6,9-10,16H,2,4,7-8,11-14H2,1H3. The molecule has 0 N–H and O–H groups in total. The van der Waals surface area contributed by atoms with Crippen molar-refractivity contribution in [2.45, 2.75) is 51.6 Å². The minimum Gasteiger partial charge on any atom is -0.465 e. The van der Waals surface area contributed by atoms with Gasteiger partial charge in [0.05, 0.1) is 13.2 Å². The van der Waals surface area contributed by atoms with Crippen LogP contribution >= 0.6 is 0 Å². The van der Waals surface area contributed by atoms with Gasteiger partial charge in [-0.05, 0) is 25.3 Å². The lowest BCUT2D eigenvalue weighted by Gasteiger charge is -2.33. The predicted molar refractivity (Wildman–Crippen MR) is 80.4 cm³/mol. The summed E-state index contributed by atoms with van der Waals surface area (Å²) < 4.78 is 5.12. The lowest BCUT2D eigenvalue weighted by molar-refractivity contribution is -0.145. The summed E-state index contributed by atoms with van der Waals surface area (Å²) >= 11 is 0. The lowest BCUT2D eigenvalue weighted by atomic mass is 9.94. The molecule has 1 aromatic carbocycles. The largest absolute Gasteiger partial charge is 0.465 e. The third-order valence-electron chi connectivity index (χ3n) is 3.96. The van der Waals surface area contributed by atoms with E-state index in [4.69, 9.17) is 4.74 Å². The fraction of sp³-hybridized carbons (Fsp3) is 0.588. The van der Waals surface area contributed by atoms with E-state index in [9.17, 15) is 4.79 Å². The molecule has 0 aliphatic heterocycles. The second-order valence-corrected chi connectivity index (χ2v) is 5.49. The van der Waals surface area contributed by atoms with Crippen molar-refractivity contribution in [3.63, 3.8) is 0 Å². The van der Waals surface area contributed by atoms with Gasteiger partial charge in [0.25, 0.3) is 0 Å². The average molecular weight is 275 g/mol. The summed E-state index contributed by atoms with van der Waals surface area (Å²) in [5.74, 6) is -0.103. The molecular formula is C17H25NO2. The Morgan fingerprint density at radius 2 is 1.90 bits per heavy atom. The molecule has 1 aliphatic rings. The number of carbonyl (C=O) groups is 1.